The first kappa shape index (κ1) is 15.5. The summed E-state index contributed by atoms with van der Waals surface area (Å²) >= 11 is 0. The molecule has 0 atom stereocenters. The number of imidazole rings is 1. The van der Waals surface area contributed by atoms with Crippen LogP contribution >= 0.6 is 0 Å². The van der Waals surface area contributed by atoms with Gasteiger partial charge in [0.1, 0.15) is 5.82 Å². The van der Waals surface area contributed by atoms with Gasteiger partial charge in [-0.15, -0.1) is 0 Å². The minimum Gasteiger partial charge on any atom is -0.454 e. The molecule has 3 aromatic rings. The Balaban J connectivity index is 1.93. The van der Waals surface area contributed by atoms with Crippen molar-refractivity contribution in [2.45, 2.75) is 32.7 Å². The van der Waals surface area contributed by atoms with E-state index in [1.807, 2.05) is 36.4 Å². The summed E-state index contributed by atoms with van der Waals surface area (Å²) in [6, 6.07) is 13.9. The molecule has 0 radical (unpaired) electrons. The van der Waals surface area contributed by atoms with Gasteiger partial charge in [-0.2, -0.15) is 5.26 Å². The van der Waals surface area contributed by atoms with Crippen LogP contribution in [0.4, 0.5) is 0 Å². The molecule has 0 bridgehead atoms. The van der Waals surface area contributed by atoms with Gasteiger partial charge in [0, 0.05) is 17.5 Å². The zero-order chi connectivity index (χ0) is 17.6. The molecule has 0 saturated carbocycles. The van der Waals surface area contributed by atoms with Crippen LogP contribution in [0.25, 0.3) is 11.0 Å². The first-order valence-electron chi connectivity index (χ1n) is 8.26. The maximum absolute atomic E-state index is 9.40. The highest BCUT2D eigenvalue weighted by Gasteiger charge is 2.25. The molecule has 1 aromatic heterocycles. The topological polar surface area (TPSA) is 60.1 Å². The van der Waals surface area contributed by atoms with Crippen molar-refractivity contribution in [3.63, 3.8) is 0 Å². The van der Waals surface area contributed by atoms with Gasteiger partial charge in [0.2, 0.25) is 6.79 Å². The lowest BCUT2D eigenvalue weighted by atomic mass is 9.95. The standard InChI is InChI=1S/C20H19N3O2/c1-20(2,3)19-22-15-8-17-18(25-12-24-17)9-16(15)23(19)11-14-7-5-4-6-13(14)10-21/h4-9H,11-12H2,1-3H3. The molecule has 126 valence electrons. The molecular formula is C20H19N3O2. The maximum atomic E-state index is 9.40. The number of benzene rings is 2. The fourth-order valence-electron chi connectivity index (χ4n) is 3.19. The molecular weight excluding hydrogens is 314 g/mol. The molecule has 4 rings (SSSR count). The fraction of sp³-hybridized carbons (Fsp3) is 0.300. The van der Waals surface area contributed by atoms with Crippen LogP contribution in [0.2, 0.25) is 0 Å². The summed E-state index contributed by atoms with van der Waals surface area (Å²) in [7, 11) is 0. The van der Waals surface area contributed by atoms with Crippen molar-refractivity contribution in [3.05, 3.63) is 53.3 Å². The molecule has 0 fully saturated rings. The smallest absolute Gasteiger partial charge is 0.231 e. The van der Waals surface area contributed by atoms with Crippen LogP contribution in [0.15, 0.2) is 36.4 Å². The molecule has 0 unspecified atom stereocenters. The van der Waals surface area contributed by atoms with Gasteiger partial charge in [0.05, 0.1) is 29.2 Å². The molecule has 2 aromatic carbocycles. The Morgan fingerprint density at radius 2 is 1.88 bits per heavy atom. The Hall–Kier alpha value is -3.00. The van der Waals surface area contributed by atoms with E-state index in [1.54, 1.807) is 0 Å². The molecule has 2 heterocycles. The lowest BCUT2D eigenvalue weighted by Crippen LogP contribution is -2.19. The van der Waals surface area contributed by atoms with Crippen molar-refractivity contribution in [1.82, 2.24) is 9.55 Å². The lowest BCUT2D eigenvalue weighted by Gasteiger charge is -2.20. The van der Waals surface area contributed by atoms with Gasteiger partial charge in [-0.05, 0) is 11.6 Å². The highest BCUT2D eigenvalue weighted by molar-refractivity contribution is 5.81. The molecule has 0 amide bonds. The predicted molar refractivity (Wildman–Crippen MR) is 94.8 cm³/mol. The molecule has 0 saturated heterocycles. The average Bonchev–Trinajstić information content (AvgIpc) is 3.17. The van der Waals surface area contributed by atoms with E-state index in [-0.39, 0.29) is 12.2 Å². The molecule has 5 heteroatoms. The predicted octanol–water partition coefficient (Wildman–Crippen LogP) is 3.98. The summed E-state index contributed by atoms with van der Waals surface area (Å²) in [5, 5.41) is 9.40. The monoisotopic (exact) mass is 333 g/mol. The Labute approximate surface area is 146 Å². The van der Waals surface area contributed by atoms with Gasteiger partial charge in [-0.3, -0.25) is 0 Å². The number of ether oxygens (including phenoxy) is 2. The summed E-state index contributed by atoms with van der Waals surface area (Å²) in [5.41, 5.74) is 3.40. The third-order valence-corrected chi connectivity index (χ3v) is 4.38. The third-order valence-electron chi connectivity index (χ3n) is 4.38. The molecule has 0 aliphatic carbocycles. The average molecular weight is 333 g/mol. The van der Waals surface area contributed by atoms with Crippen LogP contribution in [0.5, 0.6) is 11.5 Å². The summed E-state index contributed by atoms with van der Waals surface area (Å²) < 4.78 is 13.2. The number of aromatic nitrogens is 2. The van der Waals surface area contributed by atoms with Crippen LogP contribution in [-0.4, -0.2) is 16.3 Å². The van der Waals surface area contributed by atoms with Gasteiger partial charge >= 0.3 is 0 Å². The minimum atomic E-state index is -0.132. The summed E-state index contributed by atoms with van der Waals surface area (Å²) in [6.07, 6.45) is 0. The van der Waals surface area contributed by atoms with Crippen molar-refractivity contribution in [1.29, 1.82) is 5.26 Å². The second kappa shape index (κ2) is 5.52. The van der Waals surface area contributed by atoms with Gasteiger partial charge in [-0.25, -0.2) is 4.98 Å². The van der Waals surface area contributed by atoms with Crippen molar-refractivity contribution < 1.29 is 9.47 Å². The summed E-state index contributed by atoms with van der Waals surface area (Å²) in [5.74, 6) is 2.44. The first-order chi connectivity index (χ1) is 12.0. The van der Waals surface area contributed by atoms with Crippen molar-refractivity contribution in [2.24, 2.45) is 0 Å². The Kier molecular flexibility index (Phi) is 3.43. The normalized spacial score (nSPS) is 13.2. The number of hydrogen-bond acceptors (Lipinski definition) is 4. The van der Waals surface area contributed by atoms with Gasteiger partial charge in [-0.1, -0.05) is 39.0 Å². The molecule has 0 spiro atoms. The zero-order valence-corrected chi connectivity index (χ0v) is 14.5. The van der Waals surface area contributed by atoms with E-state index in [1.165, 1.54) is 0 Å². The van der Waals surface area contributed by atoms with E-state index >= 15 is 0 Å². The van der Waals surface area contributed by atoms with Crippen LogP contribution in [-0.2, 0) is 12.0 Å². The van der Waals surface area contributed by atoms with Crippen LogP contribution in [0.1, 0.15) is 37.7 Å². The van der Waals surface area contributed by atoms with E-state index in [4.69, 9.17) is 14.5 Å². The maximum Gasteiger partial charge on any atom is 0.231 e. The molecule has 0 N–H and O–H groups in total. The second-order valence-corrected chi connectivity index (χ2v) is 7.23. The van der Waals surface area contributed by atoms with Gasteiger partial charge in [0.25, 0.3) is 0 Å². The van der Waals surface area contributed by atoms with Gasteiger partial charge in [0.15, 0.2) is 11.5 Å². The Bertz CT molecular complexity index is 1010. The van der Waals surface area contributed by atoms with E-state index in [9.17, 15) is 5.26 Å². The van der Waals surface area contributed by atoms with E-state index in [2.05, 4.69) is 31.4 Å². The highest BCUT2D eigenvalue weighted by Crippen LogP contribution is 2.38. The van der Waals surface area contributed by atoms with Gasteiger partial charge < -0.3 is 14.0 Å². The summed E-state index contributed by atoms with van der Waals surface area (Å²) in [6.45, 7) is 7.25. The quantitative estimate of drug-likeness (QED) is 0.711. The number of nitrogens with zero attached hydrogens (tertiary/aromatic N) is 3. The van der Waals surface area contributed by atoms with Crippen LogP contribution < -0.4 is 9.47 Å². The zero-order valence-electron chi connectivity index (χ0n) is 14.5. The SMILES string of the molecule is CC(C)(C)c1nc2cc3c(cc2n1Cc1ccccc1C#N)OCO3. The third kappa shape index (κ3) is 2.60. The van der Waals surface area contributed by atoms with Crippen molar-refractivity contribution >= 4 is 11.0 Å². The number of rotatable bonds is 2. The minimum absolute atomic E-state index is 0.132. The Morgan fingerprint density at radius 3 is 2.60 bits per heavy atom. The number of hydrogen-bond donors (Lipinski definition) is 0. The van der Waals surface area contributed by atoms with E-state index < -0.39 is 0 Å². The summed E-state index contributed by atoms with van der Waals surface area (Å²) in [4.78, 5) is 4.86. The first-order valence-corrected chi connectivity index (χ1v) is 8.26. The lowest BCUT2D eigenvalue weighted by molar-refractivity contribution is 0.174. The highest BCUT2D eigenvalue weighted by atomic mass is 16.7. The fourth-order valence-corrected chi connectivity index (χ4v) is 3.19. The van der Waals surface area contributed by atoms with Crippen molar-refractivity contribution in [3.8, 4) is 17.6 Å². The van der Waals surface area contributed by atoms with Crippen LogP contribution in [0, 0.1) is 11.3 Å². The molecule has 1 aliphatic heterocycles. The number of fused-ring (bicyclic) bond motifs is 2. The van der Waals surface area contributed by atoms with E-state index in [0.29, 0.717) is 12.1 Å². The van der Waals surface area contributed by atoms with Crippen LogP contribution in [0.3, 0.4) is 0 Å². The van der Waals surface area contributed by atoms with E-state index in [0.717, 1.165) is 33.9 Å². The molecule has 5 nitrogen and oxygen atoms in total. The largest absolute Gasteiger partial charge is 0.454 e. The molecule has 25 heavy (non-hydrogen) atoms. The second-order valence-electron chi connectivity index (χ2n) is 7.23. The van der Waals surface area contributed by atoms with Crippen molar-refractivity contribution in [2.75, 3.05) is 6.79 Å². The molecule has 1 aliphatic rings. The Morgan fingerprint density at radius 1 is 1.16 bits per heavy atom. The number of nitriles is 1.